The van der Waals surface area contributed by atoms with Crippen LogP contribution < -0.4 is 0 Å². The van der Waals surface area contributed by atoms with E-state index in [-0.39, 0.29) is 0 Å². The van der Waals surface area contributed by atoms with Gasteiger partial charge in [-0.3, -0.25) is 9.88 Å². The number of rotatable bonds is 7. The lowest BCUT2D eigenvalue weighted by atomic mass is 10.1. The highest BCUT2D eigenvalue weighted by atomic mass is 15.1. The molecule has 0 saturated heterocycles. The second kappa shape index (κ2) is 15.5. The van der Waals surface area contributed by atoms with Crippen molar-refractivity contribution in [1.29, 1.82) is 0 Å². The van der Waals surface area contributed by atoms with Crippen molar-refractivity contribution in [2.75, 3.05) is 7.05 Å². The highest BCUT2D eigenvalue weighted by molar-refractivity contribution is 5.15. The summed E-state index contributed by atoms with van der Waals surface area (Å²) in [7, 11) is 2.20. The summed E-state index contributed by atoms with van der Waals surface area (Å²) in [6.07, 6.45) is 7.17. The van der Waals surface area contributed by atoms with Crippen LogP contribution in [0.15, 0.2) is 85.2 Å². The van der Waals surface area contributed by atoms with Crippen LogP contribution in [-0.2, 0) is 19.4 Å². The van der Waals surface area contributed by atoms with Gasteiger partial charge in [0.1, 0.15) is 0 Å². The van der Waals surface area contributed by atoms with E-state index in [9.17, 15) is 0 Å². The molecule has 0 fully saturated rings. The number of benzene rings is 2. The average molecular weight is 391 g/mol. The average Bonchev–Trinajstić information content (AvgIpc) is 2.81. The summed E-state index contributed by atoms with van der Waals surface area (Å²) in [6.45, 7) is 9.47. The summed E-state index contributed by atoms with van der Waals surface area (Å²) < 4.78 is 0. The van der Waals surface area contributed by atoms with Gasteiger partial charge in [0.25, 0.3) is 0 Å². The number of aryl methyl sites for hydroxylation is 2. The van der Waals surface area contributed by atoms with Crippen molar-refractivity contribution >= 4 is 0 Å². The van der Waals surface area contributed by atoms with Crippen molar-refractivity contribution in [3.63, 3.8) is 0 Å². The van der Waals surface area contributed by atoms with Gasteiger partial charge in [0.15, 0.2) is 0 Å². The molecule has 0 N–H and O–H groups in total. The van der Waals surface area contributed by atoms with E-state index in [0.29, 0.717) is 6.04 Å². The Kier molecular flexibility index (Phi) is 13.1. The Balaban J connectivity index is 0.000000351. The lowest BCUT2D eigenvalue weighted by Gasteiger charge is -2.24. The Labute approximate surface area is 178 Å². The molecule has 156 valence electrons. The van der Waals surface area contributed by atoms with E-state index in [4.69, 9.17) is 0 Å². The monoisotopic (exact) mass is 390 g/mol. The fourth-order valence-electron chi connectivity index (χ4n) is 2.89. The van der Waals surface area contributed by atoms with Crippen molar-refractivity contribution in [1.82, 2.24) is 9.88 Å². The van der Waals surface area contributed by atoms with Crippen LogP contribution in [0.1, 0.15) is 50.8 Å². The summed E-state index contributed by atoms with van der Waals surface area (Å²) in [6, 6.07) is 25.9. The maximum absolute atomic E-state index is 4.05. The number of hydrogen-bond donors (Lipinski definition) is 0. The lowest BCUT2D eigenvalue weighted by molar-refractivity contribution is 0.238. The molecular formula is C27H38N2. The fraction of sp³-hybridized carbons (Fsp3) is 0.370. The first-order valence-corrected chi connectivity index (χ1v) is 10.9. The van der Waals surface area contributed by atoms with Gasteiger partial charge in [-0.1, -0.05) is 81.4 Å². The van der Waals surface area contributed by atoms with E-state index in [1.54, 1.807) is 0 Å². The predicted molar refractivity (Wildman–Crippen MR) is 127 cm³/mol. The molecule has 1 atom stereocenters. The number of hydrogen-bond acceptors (Lipinski definition) is 2. The van der Waals surface area contributed by atoms with Gasteiger partial charge in [0, 0.05) is 25.0 Å². The molecule has 1 heterocycles. The highest BCUT2D eigenvalue weighted by Gasteiger charge is 2.09. The quantitative estimate of drug-likeness (QED) is 0.440. The molecule has 0 radical (unpaired) electrons. The molecule has 0 saturated carbocycles. The van der Waals surface area contributed by atoms with Gasteiger partial charge < -0.3 is 0 Å². The topological polar surface area (TPSA) is 16.1 Å². The maximum Gasteiger partial charge on any atom is 0.0270 e. The second-order valence-electron chi connectivity index (χ2n) is 6.98. The van der Waals surface area contributed by atoms with Crippen molar-refractivity contribution in [3.8, 4) is 0 Å². The Hall–Kier alpha value is -2.45. The van der Waals surface area contributed by atoms with E-state index in [1.165, 1.54) is 23.1 Å². The Bertz CT molecular complexity index is 726. The zero-order chi connectivity index (χ0) is 21.3. The molecule has 1 unspecified atom stereocenters. The van der Waals surface area contributed by atoms with E-state index in [2.05, 4.69) is 97.5 Å². The molecule has 2 heteroatoms. The van der Waals surface area contributed by atoms with Gasteiger partial charge in [-0.05, 0) is 62.1 Å². The minimum Gasteiger partial charge on any atom is -0.299 e. The van der Waals surface area contributed by atoms with Crippen LogP contribution in [0.3, 0.4) is 0 Å². The van der Waals surface area contributed by atoms with Crippen LogP contribution in [0.2, 0.25) is 0 Å². The first-order chi connectivity index (χ1) is 14.2. The molecule has 1 aromatic heterocycles. The summed E-state index contributed by atoms with van der Waals surface area (Å²) in [5, 5.41) is 0. The number of pyridine rings is 1. The summed E-state index contributed by atoms with van der Waals surface area (Å²) in [5.74, 6) is 0. The minimum absolute atomic E-state index is 0.577. The van der Waals surface area contributed by atoms with Crippen molar-refractivity contribution in [3.05, 3.63) is 102 Å². The lowest BCUT2D eigenvalue weighted by Crippen LogP contribution is -2.28. The molecule has 3 aromatic rings. The molecule has 0 aliphatic carbocycles. The van der Waals surface area contributed by atoms with Gasteiger partial charge in [0.2, 0.25) is 0 Å². The maximum atomic E-state index is 4.05. The molecular weight excluding hydrogens is 352 g/mol. The molecule has 2 aromatic carbocycles. The SMILES string of the molecule is CC.CC(CCc1ccncc1)N(C)Cc1ccccc1.CCc1ccccc1. The largest absolute Gasteiger partial charge is 0.299 e. The summed E-state index contributed by atoms with van der Waals surface area (Å²) in [5.41, 5.74) is 4.16. The molecule has 0 amide bonds. The second-order valence-corrected chi connectivity index (χ2v) is 6.98. The summed E-state index contributed by atoms with van der Waals surface area (Å²) >= 11 is 0. The van der Waals surface area contributed by atoms with Gasteiger partial charge in [-0.25, -0.2) is 0 Å². The standard InChI is InChI=1S/C17H22N2.C8H10.C2H6/c1-15(8-9-16-10-12-18-13-11-16)19(2)14-17-6-4-3-5-7-17;1-2-8-6-4-3-5-7-8;1-2/h3-7,10-13,15H,8-9,14H2,1-2H3;3-7H,2H2,1H3;1-2H3. The number of aromatic nitrogens is 1. The van der Waals surface area contributed by atoms with Gasteiger partial charge in [-0.15, -0.1) is 0 Å². The predicted octanol–water partition coefficient (Wildman–Crippen LogP) is 6.81. The molecule has 3 rings (SSSR count). The van der Waals surface area contributed by atoms with Crippen LogP contribution in [0.5, 0.6) is 0 Å². The van der Waals surface area contributed by atoms with E-state index < -0.39 is 0 Å². The zero-order valence-corrected chi connectivity index (χ0v) is 18.9. The van der Waals surface area contributed by atoms with Gasteiger partial charge in [0.05, 0.1) is 0 Å². The van der Waals surface area contributed by atoms with Crippen LogP contribution in [0, 0.1) is 0 Å². The molecule has 0 aliphatic heterocycles. The van der Waals surface area contributed by atoms with Crippen LogP contribution in [0.4, 0.5) is 0 Å². The molecule has 2 nitrogen and oxygen atoms in total. The van der Waals surface area contributed by atoms with Gasteiger partial charge >= 0.3 is 0 Å². The van der Waals surface area contributed by atoms with Crippen LogP contribution in [0.25, 0.3) is 0 Å². The number of nitrogens with zero attached hydrogens (tertiary/aromatic N) is 2. The van der Waals surface area contributed by atoms with Crippen molar-refractivity contribution in [2.45, 2.75) is 59.5 Å². The fourth-order valence-corrected chi connectivity index (χ4v) is 2.89. The first-order valence-electron chi connectivity index (χ1n) is 10.9. The minimum atomic E-state index is 0.577. The molecule has 0 spiro atoms. The Morgan fingerprint density at radius 3 is 1.76 bits per heavy atom. The Morgan fingerprint density at radius 2 is 1.28 bits per heavy atom. The molecule has 0 aliphatic rings. The van der Waals surface area contributed by atoms with E-state index in [0.717, 1.165) is 19.4 Å². The third-order valence-electron chi connectivity index (χ3n) is 4.88. The first kappa shape index (κ1) is 24.6. The zero-order valence-electron chi connectivity index (χ0n) is 18.9. The Morgan fingerprint density at radius 1 is 0.759 bits per heavy atom. The van der Waals surface area contributed by atoms with Crippen LogP contribution >= 0.6 is 0 Å². The smallest absolute Gasteiger partial charge is 0.0270 e. The van der Waals surface area contributed by atoms with Crippen molar-refractivity contribution < 1.29 is 0 Å². The van der Waals surface area contributed by atoms with Gasteiger partial charge in [-0.2, -0.15) is 0 Å². The van der Waals surface area contributed by atoms with Crippen LogP contribution in [-0.4, -0.2) is 23.0 Å². The molecule has 29 heavy (non-hydrogen) atoms. The normalized spacial score (nSPS) is 11.0. The third-order valence-corrected chi connectivity index (χ3v) is 4.88. The molecule has 0 bridgehead atoms. The highest BCUT2D eigenvalue weighted by Crippen LogP contribution is 2.11. The summed E-state index contributed by atoms with van der Waals surface area (Å²) in [4.78, 5) is 6.47. The van der Waals surface area contributed by atoms with E-state index in [1.807, 2.05) is 32.3 Å². The third kappa shape index (κ3) is 10.6. The van der Waals surface area contributed by atoms with Crippen molar-refractivity contribution in [2.24, 2.45) is 0 Å². The van der Waals surface area contributed by atoms with E-state index >= 15 is 0 Å².